The highest BCUT2D eigenvalue weighted by Gasteiger charge is 2.51. The molecule has 1 aromatic heterocycles. The van der Waals surface area contributed by atoms with Gasteiger partial charge in [-0.1, -0.05) is 24.3 Å². The van der Waals surface area contributed by atoms with Gasteiger partial charge >= 0.3 is 0 Å². The van der Waals surface area contributed by atoms with Crippen LogP contribution in [0.3, 0.4) is 0 Å². The number of anilines is 1. The summed E-state index contributed by atoms with van der Waals surface area (Å²) in [6.07, 6.45) is 1.19. The van der Waals surface area contributed by atoms with Crippen LogP contribution < -0.4 is 4.90 Å². The first-order chi connectivity index (χ1) is 13.1. The number of para-hydroxylation sites is 1. The Morgan fingerprint density at radius 2 is 1.89 bits per heavy atom. The Morgan fingerprint density at radius 1 is 1.15 bits per heavy atom. The molecule has 0 bridgehead atoms. The number of ketones is 1. The van der Waals surface area contributed by atoms with Gasteiger partial charge in [-0.05, 0) is 18.2 Å². The first-order valence-electron chi connectivity index (χ1n) is 8.98. The van der Waals surface area contributed by atoms with Crippen molar-refractivity contribution in [3.8, 4) is 0 Å². The van der Waals surface area contributed by atoms with E-state index in [4.69, 9.17) is 4.74 Å². The summed E-state index contributed by atoms with van der Waals surface area (Å²) in [5.74, 6) is -0.839. The minimum atomic E-state index is -1.88. The van der Waals surface area contributed by atoms with Crippen LogP contribution in [0.15, 0.2) is 48.7 Å². The van der Waals surface area contributed by atoms with Crippen molar-refractivity contribution in [3.05, 3.63) is 59.9 Å². The summed E-state index contributed by atoms with van der Waals surface area (Å²) in [6.45, 7) is 3.03. The van der Waals surface area contributed by atoms with E-state index in [0.717, 1.165) is 13.1 Å². The number of carbonyl (C=O) groups excluding carboxylic acids is 2. The third kappa shape index (κ3) is 3.25. The lowest BCUT2D eigenvalue weighted by atomic mass is 9.89. The summed E-state index contributed by atoms with van der Waals surface area (Å²) < 4.78 is 5.36. The molecule has 0 unspecified atom stereocenters. The van der Waals surface area contributed by atoms with Crippen LogP contribution in [0, 0.1) is 0 Å². The molecule has 1 aromatic carbocycles. The van der Waals surface area contributed by atoms with Crippen LogP contribution in [0.4, 0.5) is 5.69 Å². The smallest absolute Gasteiger partial charge is 0.265 e. The second-order valence-electron chi connectivity index (χ2n) is 6.80. The SMILES string of the molecule is O=C(C[C@]1(O)C(=O)N(CN2CCOCC2)c2ccccc21)c1ccccn1. The zero-order valence-corrected chi connectivity index (χ0v) is 14.9. The molecule has 0 aliphatic carbocycles. The van der Waals surface area contributed by atoms with E-state index in [1.807, 2.05) is 6.07 Å². The first-order valence-corrected chi connectivity index (χ1v) is 8.98. The van der Waals surface area contributed by atoms with E-state index in [1.165, 1.54) is 6.20 Å². The van der Waals surface area contributed by atoms with E-state index >= 15 is 0 Å². The van der Waals surface area contributed by atoms with Gasteiger partial charge in [0.25, 0.3) is 5.91 Å². The van der Waals surface area contributed by atoms with Crippen LogP contribution >= 0.6 is 0 Å². The number of carbonyl (C=O) groups is 2. The minimum Gasteiger partial charge on any atom is -0.379 e. The quantitative estimate of drug-likeness (QED) is 0.799. The first kappa shape index (κ1) is 17.8. The molecule has 1 N–H and O–H groups in total. The number of aliphatic hydroxyl groups is 1. The summed E-state index contributed by atoms with van der Waals surface area (Å²) in [7, 11) is 0. The van der Waals surface area contributed by atoms with E-state index < -0.39 is 11.5 Å². The van der Waals surface area contributed by atoms with Crippen LogP contribution in [0.5, 0.6) is 0 Å². The molecule has 2 aromatic rings. The van der Waals surface area contributed by atoms with E-state index in [2.05, 4.69) is 9.88 Å². The van der Waals surface area contributed by atoms with Crippen molar-refractivity contribution in [2.75, 3.05) is 37.9 Å². The fraction of sp³-hybridized carbons (Fsp3) is 0.350. The van der Waals surface area contributed by atoms with Gasteiger partial charge in [-0.3, -0.25) is 24.4 Å². The lowest BCUT2D eigenvalue weighted by Gasteiger charge is -2.31. The lowest BCUT2D eigenvalue weighted by Crippen LogP contribution is -2.49. The molecule has 7 nitrogen and oxygen atoms in total. The van der Waals surface area contributed by atoms with Crippen molar-refractivity contribution in [1.29, 1.82) is 0 Å². The highest BCUT2D eigenvalue weighted by molar-refractivity contribution is 6.10. The van der Waals surface area contributed by atoms with Crippen molar-refractivity contribution in [3.63, 3.8) is 0 Å². The second kappa shape index (κ2) is 7.19. The zero-order chi connectivity index (χ0) is 18.9. The second-order valence-corrected chi connectivity index (χ2v) is 6.80. The Bertz CT molecular complexity index is 851. The average Bonchev–Trinajstić information content (AvgIpc) is 2.92. The topological polar surface area (TPSA) is 83.0 Å². The number of rotatable bonds is 5. The Hall–Kier alpha value is -2.61. The normalized spacial score (nSPS) is 22.7. The number of Topliss-reactive ketones (excluding diaryl/α,β-unsaturated/α-hetero) is 1. The predicted octanol–water partition coefficient (Wildman–Crippen LogP) is 1.18. The van der Waals surface area contributed by atoms with E-state index in [9.17, 15) is 14.7 Å². The van der Waals surface area contributed by atoms with Crippen LogP contribution in [0.25, 0.3) is 0 Å². The number of fused-ring (bicyclic) bond motifs is 1. The van der Waals surface area contributed by atoms with Crippen molar-refractivity contribution < 1.29 is 19.4 Å². The number of hydrogen-bond donors (Lipinski definition) is 1. The maximum Gasteiger partial charge on any atom is 0.265 e. The molecule has 0 radical (unpaired) electrons. The molecule has 140 valence electrons. The van der Waals surface area contributed by atoms with Crippen molar-refractivity contribution in [1.82, 2.24) is 9.88 Å². The van der Waals surface area contributed by atoms with E-state index in [1.54, 1.807) is 41.3 Å². The molecule has 1 fully saturated rings. The Labute approximate surface area is 157 Å². The molecular weight excluding hydrogens is 346 g/mol. The number of amides is 1. The van der Waals surface area contributed by atoms with Gasteiger partial charge in [-0.2, -0.15) is 0 Å². The summed E-state index contributed by atoms with van der Waals surface area (Å²) in [5.41, 5.74) is -0.530. The average molecular weight is 367 g/mol. The third-order valence-corrected chi connectivity index (χ3v) is 5.05. The molecule has 1 amide bonds. The van der Waals surface area contributed by atoms with Gasteiger partial charge in [0, 0.05) is 24.8 Å². The van der Waals surface area contributed by atoms with Gasteiger partial charge < -0.3 is 9.84 Å². The van der Waals surface area contributed by atoms with Crippen LogP contribution in [0.1, 0.15) is 22.5 Å². The molecule has 4 rings (SSSR count). The lowest BCUT2D eigenvalue weighted by molar-refractivity contribution is -0.136. The number of nitrogens with zero attached hydrogens (tertiary/aromatic N) is 3. The van der Waals surface area contributed by atoms with Crippen molar-refractivity contribution in [2.45, 2.75) is 12.0 Å². The van der Waals surface area contributed by atoms with Crippen LogP contribution in [-0.4, -0.2) is 59.7 Å². The Balaban J connectivity index is 1.62. The number of pyridine rings is 1. The summed E-state index contributed by atoms with van der Waals surface area (Å²) >= 11 is 0. The molecular formula is C20H21N3O4. The number of morpholine rings is 1. The van der Waals surface area contributed by atoms with E-state index in [0.29, 0.717) is 31.1 Å². The van der Waals surface area contributed by atoms with Gasteiger partial charge in [0.2, 0.25) is 0 Å². The number of aromatic nitrogens is 1. The van der Waals surface area contributed by atoms with Crippen LogP contribution in [-0.2, 0) is 15.1 Å². The van der Waals surface area contributed by atoms with Gasteiger partial charge in [0.1, 0.15) is 5.69 Å². The van der Waals surface area contributed by atoms with Gasteiger partial charge in [-0.25, -0.2) is 0 Å². The predicted molar refractivity (Wildman–Crippen MR) is 98.3 cm³/mol. The molecule has 2 aliphatic heterocycles. The standard InChI is InChI=1S/C20H21N3O4/c24-18(16-6-3-4-8-21-16)13-20(26)15-5-1-2-7-17(15)23(19(20)25)14-22-9-11-27-12-10-22/h1-8,26H,9-14H2/t20-/m1/s1. The molecule has 2 aliphatic rings. The molecule has 1 atom stereocenters. The minimum absolute atomic E-state index is 0.239. The number of benzene rings is 1. The van der Waals surface area contributed by atoms with Gasteiger partial charge in [0.05, 0.1) is 32.0 Å². The summed E-state index contributed by atoms with van der Waals surface area (Å²) in [6, 6.07) is 12.1. The molecule has 7 heteroatoms. The monoisotopic (exact) mass is 367 g/mol. The zero-order valence-electron chi connectivity index (χ0n) is 14.9. The number of hydrogen-bond acceptors (Lipinski definition) is 6. The fourth-order valence-corrected chi connectivity index (χ4v) is 3.61. The summed E-state index contributed by atoms with van der Waals surface area (Å²) in [5, 5.41) is 11.3. The summed E-state index contributed by atoms with van der Waals surface area (Å²) in [4.78, 5) is 33.5. The van der Waals surface area contributed by atoms with Crippen molar-refractivity contribution >= 4 is 17.4 Å². The highest BCUT2D eigenvalue weighted by Crippen LogP contribution is 2.42. The maximum atomic E-state index is 13.2. The molecule has 27 heavy (non-hydrogen) atoms. The molecule has 1 saturated heterocycles. The maximum absolute atomic E-state index is 13.2. The highest BCUT2D eigenvalue weighted by atomic mass is 16.5. The number of ether oxygens (including phenoxy) is 1. The Kier molecular flexibility index (Phi) is 4.73. The molecule has 0 saturated carbocycles. The van der Waals surface area contributed by atoms with E-state index in [-0.39, 0.29) is 17.9 Å². The molecule has 0 spiro atoms. The largest absolute Gasteiger partial charge is 0.379 e. The third-order valence-electron chi connectivity index (χ3n) is 5.05. The van der Waals surface area contributed by atoms with Crippen molar-refractivity contribution in [2.24, 2.45) is 0 Å². The van der Waals surface area contributed by atoms with Crippen LogP contribution in [0.2, 0.25) is 0 Å². The Morgan fingerprint density at radius 3 is 2.63 bits per heavy atom. The fourth-order valence-electron chi connectivity index (χ4n) is 3.61. The van der Waals surface area contributed by atoms with Gasteiger partial charge in [0.15, 0.2) is 11.4 Å². The molecule has 3 heterocycles. The van der Waals surface area contributed by atoms with Gasteiger partial charge in [-0.15, -0.1) is 0 Å².